The molecule has 0 amide bonds. The van der Waals surface area contributed by atoms with Gasteiger partial charge in [-0.3, -0.25) is 4.79 Å². The zero-order chi connectivity index (χ0) is 12.7. The molecule has 0 aliphatic heterocycles. The van der Waals surface area contributed by atoms with Crippen molar-refractivity contribution >= 4 is 17.7 Å². The Labute approximate surface area is 105 Å². The highest BCUT2D eigenvalue weighted by molar-refractivity contribution is 7.98. The van der Waals surface area contributed by atoms with Gasteiger partial charge in [0.15, 0.2) is 0 Å². The number of carboxylic acids is 1. The van der Waals surface area contributed by atoms with Gasteiger partial charge in [-0.2, -0.15) is 11.8 Å². The van der Waals surface area contributed by atoms with Gasteiger partial charge in [-0.05, 0) is 24.6 Å². The molecule has 94 valence electrons. The molecule has 0 saturated heterocycles. The Kier molecular flexibility index (Phi) is 5.86. The Morgan fingerprint density at radius 1 is 1.47 bits per heavy atom. The van der Waals surface area contributed by atoms with E-state index >= 15 is 0 Å². The zero-order valence-corrected chi connectivity index (χ0v) is 10.6. The Morgan fingerprint density at radius 2 is 2.12 bits per heavy atom. The van der Waals surface area contributed by atoms with Crippen LogP contribution in [0.1, 0.15) is 12.5 Å². The van der Waals surface area contributed by atoms with E-state index in [1.807, 2.05) is 31.2 Å². The van der Waals surface area contributed by atoms with Gasteiger partial charge < -0.3 is 15.6 Å². The van der Waals surface area contributed by atoms with Crippen LogP contribution in [-0.2, 0) is 10.5 Å². The van der Waals surface area contributed by atoms with Gasteiger partial charge in [0.25, 0.3) is 0 Å². The molecule has 0 spiro atoms. The fourth-order valence-corrected chi connectivity index (χ4v) is 2.17. The first-order valence-electron chi connectivity index (χ1n) is 5.41. The lowest BCUT2D eigenvalue weighted by Crippen LogP contribution is -2.32. The number of hydrogen-bond acceptors (Lipinski definition) is 4. The van der Waals surface area contributed by atoms with E-state index in [1.54, 1.807) is 0 Å². The largest absolute Gasteiger partial charge is 0.494 e. The van der Waals surface area contributed by atoms with Crippen LogP contribution in [0.4, 0.5) is 0 Å². The Bertz CT molecular complexity index is 353. The standard InChI is InChI=1S/C12H17NO3S/c1-2-16-10-5-3-9(4-6-10)7-17-8-11(13)12(14)15/h3-6,11H,2,7-8,13H2,1H3,(H,14,15)/t11-/m1/s1. The highest BCUT2D eigenvalue weighted by Crippen LogP contribution is 2.17. The Hall–Kier alpha value is -1.20. The van der Waals surface area contributed by atoms with E-state index in [9.17, 15) is 4.79 Å². The summed E-state index contributed by atoms with van der Waals surface area (Å²) in [6.45, 7) is 2.60. The van der Waals surface area contributed by atoms with Crippen molar-refractivity contribution in [2.24, 2.45) is 5.73 Å². The molecule has 0 saturated carbocycles. The number of nitrogens with two attached hydrogens (primary N) is 1. The molecule has 17 heavy (non-hydrogen) atoms. The second-order valence-electron chi connectivity index (χ2n) is 3.54. The first-order chi connectivity index (χ1) is 8.13. The van der Waals surface area contributed by atoms with Crippen LogP contribution in [0.2, 0.25) is 0 Å². The molecule has 0 radical (unpaired) electrons. The van der Waals surface area contributed by atoms with Crippen LogP contribution in [0.15, 0.2) is 24.3 Å². The molecule has 0 fully saturated rings. The second kappa shape index (κ2) is 7.19. The first kappa shape index (κ1) is 13.9. The highest BCUT2D eigenvalue weighted by atomic mass is 32.2. The minimum absolute atomic E-state index is 0.419. The molecule has 5 heteroatoms. The molecule has 0 unspecified atom stereocenters. The molecule has 4 nitrogen and oxygen atoms in total. The summed E-state index contributed by atoms with van der Waals surface area (Å²) in [5, 5.41) is 8.62. The number of rotatable bonds is 7. The third kappa shape index (κ3) is 5.10. The zero-order valence-electron chi connectivity index (χ0n) is 9.76. The number of ether oxygens (including phenoxy) is 1. The van der Waals surface area contributed by atoms with Crippen LogP contribution < -0.4 is 10.5 Å². The second-order valence-corrected chi connectivity index (χ2v) is 4.57. The van der Waals surface area contributed by atoms with Crippen molar-refractivity contribution in [1.29, 1.82) is 0 Å². The molecule has 0 aromatic heterocycles. The minimum atomic E-state index is -0.954. The van der Waals surface area contributed by atoms with Gasteiger partial charge >= 0.3 is 5.97 Å². The molecular formula is C12H17NO3S. The minimum Gasteiger partial charge on any atom is -0.494 e. The SMILES string of the molecule is CCOc1ccc(CSC[C@@H](N)C(=O)O)cc1. The van der Waals surface area contributed by atoms with E-state index in [0.717, 1.165) is 17.1 Å². The van der Waals surface area contributed by atoms with E-state index in [-0.39, 0.29) is 0 Å². The molecule has 1 aromatic carbocycles. The average Bonchev–Trinajstić information content (AvgIpc) is 2.31. The van der Waals surface area contributed by atoms with Crippen LogP contribution in [0.5, 0.6) is 5.75 Å². The van der Waals surface area contributed by atoms with Crippen molar-refractivity contribution < 1.29 is 14.6 Å². The maximum Gasteiger partial charge on any atom is 0.321 e. The number of thioether (sulfide) groups is 1. The Morgan fingerprint density at radius 3 is 2.65 bits per heavy atom. The smallest absolute Gasteiger partial charge is 0.321 e. The van der Waals surface area contributed by atoms with E-state index in [1.165, 1.54) is 11.8 Å². The van der Waals surface area contributed by atoms with Crippen molar-refractivity contribution in [1.82, 2.24) is 0 Å². The lowest BCUT2D eigenvalue weighted by atomic mass is 10.2. The molecule has 0 aliphatic rings. The predicted octanol–water partition coefficient (Wildman–Crippen LogP) is 1.73. The number of carboxylic acid groups (broad SMARTS) is 1. The molecule has 0 heterocycles. The summed E-state index contributed by atoms with van der Waals surface area (Å²) in [5.41, 5.74) is 6.54. The van der Waals surface area contributed by atoms with E-state index in [0.29, 0.717) is 12.4 Å². The number of benzene rings is 1. The van der Waals surface area contributed by atoms with Gasteiger partial charge in [-0.15, -0.1) is 0 Å². The summed E-state index contributed by atoms with van der Waals surface area (Å²) >= 11 is 1.52. The van der Waals surface area contributed by atoms with Crippen molar-refractivity contribution in [2.45, 2.75) is 18.7 Å². The quantitative estimate of drug-likeness (QED) is 0.776. The maximum atomic E-state index is 10.5. The fourth-order valence-electron chi connectivity index (χ4n) is 1.22. The van der Waals surface area contributed by atoms with Crippen molar-refractivity contribution in [3.63, 3.8) is 0 Å². The first-order valence-corrected chi connectivity index (χ1v) is 6.56. The van der Waals surface area contributed by atoms with Gasteiger partial charge in [0.2, 0.25) is 0 Å². The lowest BCUT2D eigenvalue weighted by Gasteiger charge is -2.07. The highest BCUT2D eigenvalue weighted by Gasteiger charge is 2.10. The molecule has 1 rings (SSSR count). The topological polar surface area (TPSA) is 72.5 Å². The molecule has 0 bridgehead atoms. The van der Waals surface area contributed by atoms with E-state index in [2.05, 4.69) is 0 Å². The Balaban J connectivity index is 2.34. The molecule has 3 N–H and O–H groups in total. The fraction of sp³-hybridized carbons (Fsp3) is 0.417. The summed E-state index contributed by atoms with van der Waals surface area (Å²) in [4.78, 5) is 10.5. The van der Waals surface area contributed by atoms with Gasteiger partial charge in [-0.1, -0.05) is 12.1 Å². The van der Waals surface area contributed by atoms with Gasteiger partial charge in [0, 0.05) is 11.5 Å². The van der Waals surface area contributed by atoms with Crippen LogP contribution in [0, 0.1) is 0 Å². The number of carbonyl (C=O) groups is 1. The van der Waals surface area contributed by atoms with Crippen LogP contribution in [0.3, 0.4) is 0 Å². The third-order valence-electron chi connectivity index (χ3n) is 2.12. The molecule has 1 atom stereocenters. The lowest BCUT2D eigenvalue weighted by molar-refractivity contribution is -0.137. The van der Waals surface area contributed by atoms with Gasteiger partial charge in [-0.25, -0.2) is 0 Å². The van der Waals surface area contributed by atoms with E-state index < -0.39 is 12.0 Å². The number of hydrogen-bond donors (Lipinski definition) is 2. The van der Waals surface area contributed by atoms with Crippen LogP contribution in [-0.4, -0.2) is 29.5 Å². The van der Waals surface area contributed by atoms with E-state index in [4.69, 9.17) is 15.6 Å². The summed E-state index contributed by atoms with van der Waals surface area (Å²) in [7, 11) is 0. The number of aliphatic carboxylic acids is 1. The van der Waals surface area contributed by atoms with Crippen LogP contribution in [0.25, 0.3) is 0 Å². The predicted molar refractivity (Wildman–Crippen MR) is 69.4 cm³/mol. The molecule has 0 aliphatic carbocycles. The summed E-state index contributed by atoms with van der Waals surface area (Å²) in [5.74, 6) is 1.07. The molecular weight excluding hydrogens is 238 g/mol. The summed E-state index contributed by atoms with van der Waals surface area (Å²) in [6.07, 6.45) is 0. The van der Waals surface area contributed by atoms with Crippen molar-refractivity contribution in [3.8, 4) is 5.75 Å². The summed E-state index contributed by atoms with van der Waals surface area (Å²) < 4.78 is 5.33. The maximum absolute atomic E-state index is 10.5. The third-order valence-corrected chi connectivity index (χ3v) is 3.25. The van der Waals surface area contributed by atoms with Crippen molar-refractivity contribution in [3.05, 3.63) is 29.8 Å². The molecule has 1 aromatic rings. The van der Waals surface area contributed by atoms with Crippen molar-refractivity contribution in [2.75, 3.05) is 12.4 Å². The van der Waals surface area contributed by atoms with Gasteiger partial charge in [0.05, 0.1) is 6.61 Å². The average molecular weight is 255 g/mol. The monoisotopic (exact) mass is 255 g/mol. The summed E-state index contributed by atoms with van der Waals surface area (Å²) in [6, 6.07) is 6.99. The normalized spacial score (nSPS) is 12.1. The van der Waals surface area contributed by atoms with Gasteiger partial charge in [0.1, 0.15) is 11.8 Å². The van der Waals surface area contributed by atoms with Crippen LogP contribution >= 0.6 is 11.8 Å².